The second-order valence-electron chi connectivity index (χ2n) is 5.13. The molecular formula is C13H18N2O. The van der Waals surface area contributed by atoms with Crippen LogP contribution in [0.2, 0.25) is 0 Å². The molecule has 0 aromatic heterocycles. The number of aliphatic imine (C=N–C) groups is 1. The lowest BCUT2D eigenvalue weighted by Gasteiger charge is -2.25. The van der Waals surface area contributed by atoms with E-state index in [1.54, 1.807) is 4.90 Å². The van der Waals surface area contributed by atoms with Gasteiger partial charge in [0.2, 0.25) is 0 Å². The van der Waals surface area contributed by atoms with Gasteiger partial charge in [-0.2, -0.15) is 0 Å². The molecule has 0 aromatic rings. The fraction of sp³-hybridized carbons (Fsp3) is 0.538. The summed E-state index contributed by atoms with van der Waals surface area (Å²) >= 11 is 0. The number of amides is 1. The zero-order valence-corrected chi connectivity index (χ0v) is 10.3. The van der Waals surface area contributed by atoms with Gasteiger partial charge in [0, 0.05) is 18.7 Å². The molecule has 0 N–H and O–H groups in total. The minimum absolute atomic E-state index is 0.0524. The van der Waals surface area contributed by atoms with Gasteiger partial charge in [-0.1, -0.05) is 32.9 Å². The van der Waals surface area contributed by atoms with Gasteiger partial charge in [-0.05, 0) is 5.92 Å². The summed E-state index contributed by atoms with van der Waals surface area (Å²) in [6.45, 7) is 7.11. The molecule has 16 heavy (non-hydrogen) atoms. The number of nitrogens with zero attached hydrogens (tertiary/aromatic N) is 2. The van der Waals surface area contributed by atoms with Crippen LogP contribution in [0.3, 0.4) is 0 Å². The molecule has 1 atom stereocenters. The number of carbonyl (C=O) groups is 1. The van der Waals surface area contributed by atoms with Gasteiger partial charge in [0.25, 0.3) is 5.91 Å². The Morgan fingerprint density at radius 1 is 1.50 bits per heavy atom. The summed E-state index contributed by atoms with van der Waals surface area (Å²) in [5, 5.41) is 0. The van der Waals surface area contributed by atoms with Crippen LogP contribution in [0.4, 0.5) is 0 Å². The van der Waals surface area contributed by atoms with Crippen molar-refractivity contribution in [2.24, 2.45) is 16.3 Å². The van der Waals surface area contributed by atoms with Crippen molar-refractivity contribution in [1.82, 2.24) is 4.90 Å². The van der Waals surface area contributed by atoms with Crippen LogP contribution in [0, 0.1) is 11.3 Å². The van der Waals surface area contributed by atoms with Gasteiger partial charge >= 0.3 is 0 Å². The van der Waals surface area contributed by atoms with Gasteiger partial charge in [0.1, 0.15) is 0 Å². The third kappa shape index (κ3) is 1.60. The Labute approximate surface area is 96.5 Å². The molecule has 3 heteroatoms. The largest absolute Gasteiger partial charge is 0.336 e. The molecule has 2 rings (SSSR count). The second-order valence-corrected chi connectivity index (χ2v) is 5.13. The maximum atomic E-state index is 11.8. The van der Waals surface area contributed by atoms with E-state index in [4.69, 9.17) is 0 Å². The molecule has 0 saturated carbocycles. The quantitative estimate of drug-likeness (QED) is 0.662. The fourth-order valence-corrected chi connectivity index (χ4v) is 1.85. The third-order valence-corrected chi connectivity index (χ3v) is 3.63. The van der Waals surface area contributed by atoms with Crippen molar-refractivity contribution in [2.45, 2.75) is 20.8 Å². The van der Waals surface area contributed by atoms with Gasteiger partial charge < -0.3 is 4.90 Å². The Bertz CT molecular complexity index is 418. The summed E-state index contributed by atoms with van der Waals surface area (Å²) in [4.78, 5) is 18.0. The van der Waals surface area contributed by atoms with E-state index in [9.17, 15) is 4.79 Å². The summed E-state index contributed by atoms with van der Waals surface area (Å²) in [5.41, 5.74) is 1.60. The molecule has 0 aromatic carbocycles. The molecule has 1 unspecified atom stereocenters. The maximum absolute atomic E-state index is 11.8. The minimum atomic E-state index is -0.0524. The lowest BCUT2D eigenvalue weighted by atomic mass is 9.80. The SMILES string of the molecule is CC(C)C1(C)C=CC2=C(CN(C)C2=O)N=C1. The van der Waals surface area contributed by atoms with Gasteiger partial charge in [-0.15, -0.1) is 0 Å². The number of likely N-dealkylation sites (N-methyl/N-ethyl adjacent to an activating group) is 1. The van der Waals surface area contributed by atoms with Crippen molar-refractivity contribution in [2.75, 3.05) is 13.6 Å². The highest BCUT2D eigenvalue weighted by molar-refractivity contribution is 6.00. The van der Waals surface area contributed by atoms with Crippen LogP contribution in [0.5, 0.6) is 0 Å². The van der Waals surface area contributed by atoms with Crippen molar-refractivity contribution >= 4 is 12.1 Å². The van der Waals surface area contributed by atoms with Crippen LogP contribution < -0.4 is 0 Å². The normalized spacial score (nSPS) is 29.1. The molecule has 1 amide bonds. The van der Waals surface area contributed by atoms with E-state index in [2.05, 4.69) is 31.8 Å². The average Bonchev–Trinajstić information content (AvgIpc) is 2.40. The van der Waals surface area contributed by atoms with Gasteiger partial charge in [-0.25, -0.2) is 0 Å². The molecule has 0 radical (unpaired) electrons. The first kappa shape index (κ1) is 11.1. The number of carbonyl (C=O) groups excluding carboxylic acids is 1. The highest BCUT2D eigenvalue weighted by Crippen LogP contribution is 2.32. The molecule has 3 nitrogen and oxygen atoms in total. The van der Waals surface area contributed by atoms with Gasteiger partial charge in [0.15, 0.2) is 0 Å². The summed E-state index contributed by atoms with van der Waals surface area (Å²) in [5.74, 6) is 0.553. The van der Waals surface area contributed by atoms with E-state index in [1.165, 1.54) is 0 Å². The maximum Gasteiger partial charge on any atom is 0.255 e. The molecule has 86 valence electrons. The van der Waals surface area contributed by atoms with Crippen LogP contribution in [0.25, 0.3) is 0 Å². The van der Waals surface area contributed by atoms with Crippen LogP contribution >= 0.6 is 0 Å². The topological polar surface area (TPSA) is 32.7 Å². The molecule has 0 bridgehead atoms. The Balaban J connectivity index is 2.36. The van der Waals surface area contributed by atoms with Crippen molar-refractivity contribution in [3.05, 3.63) is 23.4 Å². The molecular weight excluding hydrogens is 200 g/mol. The average molecular weight is 218 g/mol. The fourth-order valence-electron chi connectivity index (χ4n) is 1.85. The number of hydrogen-bond donors (Lipinski definition) is 0. The predicted molar refractivity (Wildman–Crippen MR) is 65.2 cm³/mol. The van der Waals surface area contributed by atoms with Gasteiger partial charge in [0.05, 0.1) is 17.8 Å². The molecule has 0 aliphatic carbocycles. The monoisotopic (exact) mass is 218 g/mol. The summed E-state index contributed by atoms with van der Waals surface area (Å²) in [7, 11) is 1.81. The van der Waals surface area contributed by atoms with E-state index < -0.39 is 0 Å². The molecule has 2 aliphatic rings. The van der Waals surface area contributed by atoms with E-state index in [0.29, 0.717) is 12.5 Å². The second kappa shape index (κ2) is 3.58. The van der Waals surface area contributed by atoms with Crippen LogP contribution in [0.1, 0.15) is 20.8 Å². The number of allylic oxidation sites excluding steroid dienone is 1. The Morgan fingerprint density at radius 3 is 2.81 bits per heavy atom. The molecule has 0 saturated heterocycles. The van der Waals surface area contributed by atoms with E-state index in [1.807, 2.05) is 19.3 Å². The molecule has 0 spiro atoms. The summed E-state index contributed by atoms with van der Waals surface area (Å²) < 4.78 is 0. The summed E-state index contributed by atoms with van der Waals surface area (Å²) in [6, 6.07) is 0. The van der Waals surface area contributed by atoms with Crippen molar-refractivity contribution in [1.29, 1.82) is 0 Å². The molecule has 0 fully saturated rings. The van der Waals surface area contributed by atoms with E-state index in [0.717, 1.165) is 11.3 Å². The van der Waals surface area contributed by atoms with Crippen LogP contribution in [-0.4, -0.2) is 30.6 Å². The molecule has 2 heterocycles. The zero-order valence-electron chi connectivity index (χ0n) is 10.3. The Kier molecular flexibility index (Phi) is 2.49. The minimum Gasteiger partial charge on any atom is -0.336 e. The number of rotatable bonds is 1. The summed E-state index contributed by atoms with van der Waals surface area (Å²) in [6.07, 6.45) is 6.01. The van der Waals surface area contributed by atoms with E-state index in [-0.39, 0.29) is 11.3 Å². The lowest BCUT2D eigenvalue weighted by molar-refractivity contribution is -0.124. The standard InChI is InChI=1S/C13H18N2O/c1-9(2)13(3)6-5-10-11(14-8-13)7-15(4)12(10)16/h5-6,8-9H,7H2,1-4H3. The first-order valence-electron chi connectivity index (χ1n) is 5.67. The third-order valence-electron chi connectivity index (χ3n) is 3.63. The van der Waals surface area contributed by atoms with Crippen molar-refractivity contribution in [3.63, 3.8) is 0 Å². The Hall–Kier alpha value is -1.38. The van der Waals surface area contributed by atoms with E-state index >= 15 is 0 Å². The van der Waals surface area contributed by atoms with Crippen molar-refractivity contribution < 1.29 is 4.79 Å². The van der Waals surface area contributed by atoms with Crippen molar-refractivity contribution in [3.8, 4) is 0 Å². The first-order valence-corrected chi connectivity index (χ1v) is 5.67. The Morgan fingerprint density at radius 2 is 2.19 bits per heavy atom. The zero-order chi connectivity index (χ0) is 11.9. The predicted octanol–water partition coefficient (Wildman–Crippen LogP) is 2.02. The highest BCUT2D eigenvalue weighted by atomic mass is 16.2. The van der Waals surface area contributed by atoms with Crippen LogP contribution in [-0.2, 0) is 4.79 Å². The number of hydrogen-bond acceptors (Lipinski definition) is 2. The molecule has 2 aliphatic heterocycles. The lowest BCUT2D eigenvalue weighted by Crippen LogP contribution is -2.24. The van der Waals surface area contributed by atoms with Gasteiger partial charge in [-0.3, -0.25) is 9.79 Å². The smallest absolute Gasteiger partial charge is 0.255 e. The first-order chi connectivity index (χ1) is 7.44. The highest BCUT2D eigenvalue weighted by Gasteiger charge is 2.31. The van der Waals surface area contributed by atoms with Crippen LogP contribution in [0.15, 0.2) is 28.4 Å².